The largest absolute Gasteiger partial charge is 0.497 e. The number of aliphatic hydroxyl groups is 1. The number of nitrogens with one attached hydrogen (secondary N) is 1. The van der Waals surface area contributed by atoms with Gasteiger partial charge < -0.3 is 25.0 Å². The van der Waals surface area contributed by atoms with E-state index in [-0.39, 0.29) is 6.61 Å². The van der Waals surface area contributed by atoms with Crippen LogP contribution in [0.4, 0.5) is 0 Å². The Labute approximate surface area is 116 Å². The number of carboxylic acid groups (broad SMARTS) is 1. The van der Waals surface area contributed by atoms with Gasteiger partial charge in [0.15, 0.2) is 12.2 Å². The number of rotatable bonds is 7. The number of benzene rings is 1. The lowest BCUT2D eigenvalue weighted by Crippen LogP contribution is -2.47. The topological polar surface area (TPSA) is 105 Å². The number of carbonyl (C=O) groups excluding carboxylic acids is 1. The second-order valence-electron chi connectivity index (χ2n) is 4.32. The molecule has 0 aliphatic rings. The molecule has 1 atom stereocenters. The van der Waals surface area contributed by atoms with Crippen molar-refractivity contribution in [3.8, 4) is 11.5 Å². The van der Waals surface area contributed by atoms with Crippen LogP contribution in [-0.4, -0.2) is 48.0 Å². The Balaban J connectivity index is 2.38. The maximum absolute atomic E-state index is 11.4. The number of amides is 1. The van der Waals surface area contributed by atoms with E-state index < -0.39 is 24.0 Å². The summed E-state index contributed by atoms with van der Waals surface area (Å²) in [5, 5.41) is 20.4. The molecule has 0 heterocycles. The molecule has 7 nitrogen and oxygen atoms in total. The third-order valence-corrected chi connectivity index (χ3v) is 2.52. The first-order valence-electron chi connectivity index (χ1n) is 5.84. The van der Waals surface area contributed by atoms with Crippen LogP contribution in [-0.2, 0) is 9.59 Å². The number of ether oxygens (including phenoxy) is 2. The summed E-state index contributed by atoms with van der Waals surface area (Å²) in [6.45, 7) is 0.426. The summed E-state index contributed by atoms with van der Waals surface area (Å²) in [6, 6.07) is 6.64. The van der Waals surface area contributed by atoms with Crippen LogP contribution in [0.3, 0.4) is 0 Å². The Morgan fingerprint density at radius 3 is 2.30 bits per heavy atom. The van der Waals surface area contributed by atoms with Gasteiger partial charge in [0.05, 0.1) is 13.7 Å². The molecule has 7 heteroatoms. The molecule has 0 saturated heterocycles. The predicted molar refractivity (Wildman–Crippen MR) is 69.8 cm³/mol. The Kier molecular flexibility index (Phi) is 5.33. The molecule has 1 aromatic carbocycles. The second kappa shape index (κ2) is 6.76. The molecule has 0 bridgehead atoms. The highest BCUT2D eigenvalue weighted by Crippen LogP contribution is 2.16. The van der Waals surface area contributed by atoms with Gasteiger partial charge in [-0.1, -0.05) is 0 Å². The van der Waals surface area contributed by atoms with Gasteiger partial charge in [-0.05, 0) is 31.2 Å². The Hall–Kier alpha value is -2.28. The third-order valence-electron chi connectivity index (χ3n) is 2.52. The van der Waals surface area contributed by atoms with Crippen molar-refractivity contribution in [2.24, 2.45) is 0 Å². The molecular weight excluding hydrogens is 266 g/mol. The van der Waals surface area contributed by atoms with Crippen LogP contribution in [0.2, 0.25) is 0 Å². The minimum Gasteiger partial charge on any atom is -0.497 e. The first-order chi connectivity index (χ1) is 9.35. The number of aliphatic carboxylic acids is 1. The lowest BCUT2D eigenvalue weighted by Gasteiger charge is -2.18. The maximum Gasteiger partial charge on any atom is 0.337 e. The standard InChI is InChI=1S/C13H17NO6/c1-13(18,12(16)17)8-14-11(15)7-20-10-5-3-9(19-2)4-6-10/h3-6,18H,7-8H2,1-2H3,(H,14,15)(H,16,17). The molecule has 0 aliphatic heterocycles. The zero-order chi connectivity index (χ0) is 15.2. The fourth-order valence-corrected chi connectivity index (χ4v) is 1.22. The Morgan fingerprint density at radius 1 is 1.25 bits per heavy atom. The molecule has 1 rings (SSSR count). The van der Waals surface area contributed by atoms with Crippen molar-refractivity contribution in [1.29, 1.82) is 0 Å². The van der Waals surface area contributed by atoms with Crippen molar-refractivity contribution in [2.45, 2.75) is 12.5 Å². The Morgan fingerprint density at radius 2 is 1.80 bits per heavy atom. The van der Waals surface area contributed by atoms with Crippen LogP contribution < -0.4 is 14.8 Å². The van der Waals surface area contributed by atoms with E-state index in [2.05, 4.69) is 5.32 Å². The van der Waals surface area contributed by atoms with Crippen LogP contribution >= 0.6 is 0 Å². The van der Waals surface area contributed by atoms with Crippen molar-refractivity contribution in [2.75, 3.05) is 20.3 Å². The lowest BCUT2D eigenvalue weighted by molar-refractivity contribution is -0.156. The molecule has 3 N–H and O–H groups in total. The minimum atomic E-state index is -2.00. The van der Waals surface area contributed by atoms with Gasteiger partial charge in [-0.25, -0.2) is 4.79 Å². The summed E-state index contributed by atoms with van der Waals surface area (Å²) >= 11 is 0. The summed E-state index contributed by atoms with van der Waals surface area (Å²) < 4.78 is 10.2. The number of methoxy groups -OCH3 is 1. The zero-order valence-corrected chi connectivity index (χ0v) is 11.3. The van der Waals surface area contributed by atoms with E-state index in [1.54, 1.807) is 24.3 Å². The van der Waals surface area contributed by atoms with E-state index >= 15 is 0 Å². The molecule has 0 spiro atoms. The predicted octanol–water partition coefficient (Wildman–Crippen LogP) is 0.0258. The normalized spacial score (nSPS) is 13.2. The molecule has 1 aromatic rings. The summed E-state index contributed by atoms with van der Waals surface area (Å²) in [7, 11) is 1.54. The average Bonchev–Trinajstić information content (AvgIpc) is 2.43. The third kappa shape index (κ3) is 4.77. The number of hydrogen-bond donors (Lipinski definition) is 3. The first-order valence-corrected chi connectivity index (χ1v) is 5.84. The van der Waals surface area contributed by atoms with E-state index in [0.29, 0.717) is 11.5 Å². The highest BCUT2D eigenvalue weighted by Gasteiger charge is 2.30. The smallest absolute Gasteiger partial charge is 0.337 e. The number of carbonyl (C=O) groups is 2. The summed E-state index contributed by atoms with van der Waals surface area (Å²) in [4.78, 5) is 22.1. The molecule has 0 radical (unpaired) electrons. The summed E-state index contributed by atoms with van der Waals surface area (Å²) in [5.41, 5.74) is -2.00. The first kappa shape index (κ1) is 15.8. The number of carboxylic acids is 1. The van der Waals surface area contributed by atoms with Crippen molar-refractivity contribution in [1.82, 2.24) is 5.32 Å². The quantitative estimate of drug-likeness (QED) is 0.652. The Bertz CT molecular complexity index is 468. The minimum absolute atomic E-state index is 0.276. The van der Waals surface area contributed by atoms with E-state index in [1.165, 1.54) is 7.11 Å². The SMILES string of the molecule is COc1ccc(OCC(=O)NCC(C)(O)C(=O)O)cc1. The highest BCUT2D eigenvalue weighted by molar-refractivity contribution is 5.80. The fraction of sp³-hybridized carbons (Fsp3) is 0.385. The molecule has 0 fully saturated rings. The van der Waals surface area contributed by atoms with Gasteiger partial charge in [0.2, 0.25) is 0 Å². The van der Waals surface area contributed by atoms with E-state index in [0.717, 1.165) is 6.92 Å². The average molecular weight is 283 g/mol. The van der Waals surface area contributed by atoms with Gasteiger partial charge in [0.25, 0.3) is 5.91 Å². The van der Waals surface area contributed by atoms with Crippen LogP contribution in [0.15, 0.2) is 24.3 Å². The summed E-state index contributed by atoms with van der Waals surface area (Å²) in [6.07, 6.45) is 0. The van der Waals surface area contributed by atoms with Gasteiger partial charge in [-0.2, -0.15) is 0 Å². The van der Waals surface area contributed by atoms with Crippen molar-refractivity contribution in [3.05, 3.63) is 24.3 Å². The van der Waals surface area contributed by atoms with Crippen LogP contribution in [0.25, 0.3) is 0 Å². The van der Waals surface area contributed by atoms with Gasteiger partial charge in [0.1, 0.15) is 11.5 Å². The van der Waals surface area contributed by atoms with E-state index in [9.17, 15) is 14.7 Å². The number of hydrogen-bond acceptors (Lipinski definition) is 5. The molecule has 0 saturated carbocycles. The van der Waals surface area contributed by atoms with Crippen molar-refractivity contribution < 1.29 is 29.3 Å². The maximum atomic E-state index is 11.4. The zero-order valence-electron chi connectivity index (χ0n) is 11.3. The molecule has 0 aromatic heterocycles. The van der Waals surface area contributed by atoms with Crippen LogP contribution in [0.5, 0.6) is 11.5 Å². The molecular formula is C13H17NO6. The van der Waals surface area contributed by atoms with Crippen LogP contribution in [0, 0.1) is 0 Å². The lowest BCUT2D eigenvalue weighted by atomic mass is 10.1. The van der Waals surface area contributed by atoms with E-state index in [4.69, 9.17) is 14.6 Å². The fourth-order valence-electron chi connectivity index (χ4n) is 1.22. The molecule has 20 heavy (non-hydrogen) atoms. The van der Waals surface area contributed by atoms with Gasteiger partial charge >= 0.3 is 5.97 Å². The molecule has 1 unspecified atom stereocenters. The van der Waals surface area contributed by atoms with Crippen molar-refractivity contribution in [3.63, 3.8) is 0 Å². The van der Waals surface area contributed by atoms with Gasteiger partial charge in [-0.3, -0.25) is 4.79 Å². The molecule has 0 aliphatic carbocycles. The van der Waals surface area contributed by atoms with Gasteiger partial charge in [-0.15, -0.1) is 0 Å². The van der Waals surface area contributed by atoms with E-state index in [1.807, 2.05) is 0 Å². The van der Waals surface area contributed by atoms with Crippen LogP contribution in [0.1, 0.15) is 6.92 Å². The van der Waals surface area contributed by atoms with Crippen molar-refractivity contribution >= 4 is 11.9 Å². The molecule has 110 valence electrons. The highest BCUT2D eigenvalue weighted by atomic mass is 16.5. The second-order valence-corrected chi connectivity index (χ2v) is 4.32. The summed E-state index contributed by atoms with van der Waals surface area (Å²) in [5.74, 6) is -0.790. The monoisotopic (exact) mass is 283 g/mol. The molecule has 1 amide bonds. The van der Waals surface area contributed by atoms with Gasteiger partial charge in [0, 0.05) is 0 Å².